The summed E-state index contributed by atoms with van der Waals surface area (Å²) in [5, 5.41) is 10.4. The number of amides is 1. The molecule has 3 aromatic rings. The number of rotatable bonds is 3. The van der Waals surface area contributed by atoms with Gasteiger partial charge in [0.2, 0.25) is 0 Å². The molecule has 0 saturated carbocycles. The Morgan fingerprint density at radius 3 is 2.47 bits per heavy atom. The number of carbonyl (C=O) groups excluding carboxylic acids is 1. The summed E-state index contributed by atoms with van der Waals surface area (Å²) < 4.78 is 79.4. The maximum atomic E-state index is 12.9. The van der Waals surface area contributed by atoms with Crippen LogP contribution in [-0.2, 0) is 32.2 Å². The van der Waals surface area contributed by atoms with Crippen LogP contribution in [0.2, 0.25) is 0 Å². The van der Waals surface area contributed by atoms with Crippen LogP contribution in [0.15, 0.2) is 30.6 Å². The van der Waals surface area contributed by atoms with Crippen molar-refractivity contribution in [2.75, 3.05) is 0 Å². The third-order valence-electron chi connectivity index (χ3n) is 5.11. The Balaban J connectivity index is 1.49. The third-order valence-corrected chi connectivity index (χ3v) is 5.11. The van der Waals surface area contributed by atoms with Crippen molar-refractivity contribution in [1.82, 2.24) is 29.9 Å². The molecule has 13 heteroatoms. The SMILES string of the molecule is Cn1nc(C(F)(F)F)cc1C(=O)NC1CCc2nn(-c3ccnc(C(F)(F)F)c3)cc2C1. The molecular weight excluding hydrogens is 442 g/mol. The van der Waals surface area contributed by atoms with E-state index in [1.165, 1.54) is 17.8 Å². The lowest BCUT2D eigenvalue weighted by Crippen LogP contribution is -2.39. The Kier molecular flexibility index (Phi) is 5.21. The van der Waals surface area contributed by atoms with Crippen molar-refractivity contribution in [3.8, 4) is 5.69 Å². The van der Waals surface area contributed by atoms with Crippen LogP contribution in [0.25, 0.3) is 5.69 Å². The summed E-state index contributed by atoms with van der Waals surface area (Å²) in [5.74, 6) is -0.694. The highest BCUT2D eigenvalue weighted by atomic mass is 19.4. The molecule has 1 unspecified atom stereocenters. The van der Waals surface area contributed by atoms with Gasteiger partial charge in [-0.05, 0) is 37.0 Å². The van der Waals surface area contributed by atoms with Gasteiger partial charge < -0.3 is 5.32 Å². The van der Waals surface area contributed by atoms with E-state index in [4.69, 9.17) is 0 Å². The molecule has 0 aromatic carbocycles. The third kappa shape index (κ3) is 4.32. The minimum atomic E-state index is -4.66. The van der Waals surface area contributed by atoms with Gasteiger partial charge in [-0.15, -0.1) is 0 Å². The zero-order valence-corrected chi connectivity index (χ0v) is 16.5. The highest BCUT2D eigenvalue weighted by Gasteiger charge is 2.36. The van der Waals surface area contributed by atoms with E-state index in [1.807, 2.05) is 0 Å². The summed E-state index contributed by atoms with van der Waals surface area (Å²) in [6.07, 6.45) is -5.37. The highest BCUT2D eigenvalue weighted by molar-refractivity contribution is 5.92. The maximum Gasteiger partial charge on any atom is 0.435 e. The predicted octanol–water partition coefficient (Wildman–Crippen LogP) is 3.33. The first-order valence-electron chi connectivity index (χ1n) is 9.45. The molecule has 3 heterocycles. The molecule has 1 N–H and O–H groups in total. The first kappa shape index (κ1) is 21.8. The van der Waals surface area contributed by atoms with Crippen LogP contribution in [-0.4, -0.2) is 36.5 Å². The second kappa shape index (κ2) is 7.64. The normalized spacial score (nSPS) is 16.7. The fourth-order valence-electron chi connectivity index (χ4n) is 3.55. The van der Waals surface area contributed by atoms with Gasteiger partial charge in [-0.1, -0.05) is 0 Å². The molecule has 0 bridgehead atoms. The van der Waals surface area contributed by atoms with E-state index in [-0.39, 0.29) is 17.4 Å². The van der Waals surface area contributed by atoms with Crippen molar-refractivity contribution in [2.45, 2.75) is 37.7 Å². The van der Waals surface area contributed by atoms with E-state index in [0.717, 1.165) is 22.5 Å². The van der Waals surface area contributed by atoms with E-state index >= 15 is 0 Å². The first-order valence-corrected chi connectivity index (χ1v) is 9.45. The molecule has 0 fully saturated rings. The summed E-state index contributed by atoms with van der Waals surface area (Å²) in [7, 11) is 1.25. The number of pyridine rings is 1. The zero-order chi connectivity index (χ0) is 23.3. The van der Waals surface area contributed by atoms with Gasteiger partial charge in [-0.25, -0.2) is 4.68 Å². The molecule has 0 saturated heterocycles. The number of fused-ring (bicyclic) bond motifs is 1. The molecule has 170 valence electrons. The Labute approximate surface area is 177 Å². The average molecular weight is 458 g/mol. The van der Waals surface area contributed by atoms with Gasteiger partial charge in [-0.2, -0.15) is 36.5 Å². The van der Waals surface area contributed by atoms with Gasteiger partial charge in [0, 0.05) is 31.5 Å². The number of nitrogens with zero attached hydrogens (tertiary/aromatic N) is 5. The number of carbonyl (C=O) groups is 1. The van der Waals surface area contributed by atoms with Gasteiger partial charge in [0.1, 0.15) is 11.4 Å². The van der Waals surface area contributed by atoms with Crippen LogP contribution in [0, 0.1) is 0 Å². The van der Waals surface area contributed by atoms with Crippen LogP contribution in [0.5, 0.6) is 0 Å². The Hall–Kier alpha value is -3.38. The molecule has 0 spiro atoms. The average Bonchev–Trinajstić information content (AvgIpc) is 3.30. The minimum Gasteiger partial charge on any atom is -0.348 e. The van der Waals surface area contributed by atoms with E-state index in [1.54, 1.807) is 6.20 Å². The van der Waals surface area contributed by atoms with Crippen LogP contribution in [0.3, 0.4) is 0 Å². The number of alkyl halides is 6. The summed E-state index contributed by atoms with van der Waals surface area (Å²) in [6, 6.07) is 2.59. The largest absolute Gasteiger partial charge is 0.435 e. The minimum absolute atomic E-state index is 0.192. The lowest BCUT2D eigenvalue weighted by molar-refractivity contribution is -0.142. The fourth-order valence-corrected chi connectivity index (χ4v) is 3.55. The molecule has 1 atom stereocenters. The zero-order valence-electron chi connectivity index (χ0n) is 16.5. The molecule has 1 amide bonds. The van der Waals surface area contributed by atoms with E-state index in [0.29, 0.717) is 31.0 Å². The quantitative estimate of drug-likeness (QED) is 0.611. The van der Waals surface area contributed by atoms with Crippen molar-refractivity contribution in [1.29, 1.82) is 0 Å². The number of hydrogen-bond donors (Lipinski definition) is 1. The Bertz CT molecular complexity index is 1160. The second-order valence-corrected chi connectivity index (χ2v) is 7.39. The van der Waals surface area contributed by atoms with E-state index < -0.39 is 29.6 Å². The molecule has 32 heavy (non-hydrogen) atoms. The van der Waals surface area contributed by atoms with Gasteiger partial charge in [0.15, 0.2) is 5.69 Å². The fraction of sp³-hybridized carbons (Fsp3) is 0.368. The second-order valence-electron chi connectivity index (χ2n) is 7.39. The molecule has 4 rings (SSSR count). The van der Waals surface area contributed by atoms with Crippen LogP contribution in [0.1, 0.15) is 39.6 Å². The van der Waals surface area contributed by atoms with E-state index in [2.05, 4.69) is 20.5 Å². The maximum absolute atomic E-state index is 12.9. The smallest absolute Gasteiger partial charge is 0.348 e. The molecule has 1 aliphatic rings. The van der Waals surface area contributed by atoms with Gasteiger partial charge in [0.25, 0.3) is 5.91 Å². The summed E-state index contributed by atoms with van der Waals surface area (Å²) in [4.78, 5) is 15.8. The summed E-state index contributed by atoms with van der Waals surface area (Å²) in [5.41, 5.74) is -0.822. The number of halogens is 6. The molecule has 1 aliphatic carbocycles. The highest BCUT2D eigenvalue weighted by Crippen LogP contribution is 2.30. The lowest BCUT2D eigenvalue weighted by Gasteiger charge is -2.22. The molecule has 0 radical (unpaired) electrons. The Morgan fingerprint density at radius 2 is 1.81 bits per heavy atom. The van der Waals surface area contributed by atoms with Crippen LogP contribution in [0.4, 0.5) is 26.3 Å². The molecule has 3 aromatic heterocycles. The molecule has 7 nitrogen and oxygen atoms in total. The molecule has 0 aliphatic heterocycles. The van der Waals surface area contributed by atoms with Gasteiger partial charge in [0.05, 0.1) is 11.4 Å². The number of aromatic nitrogens is 5. The number of aryl methyl sites for hydroxylation is 2. The topological polar surface area (TPSA) is 77.6 Å². The Morgan fingerprint density at radius 1 is 1.09 bits per heavy atom. The molecular formula is C19H16F6N6O. The van der Waals surface area contributed by atoms with E-state index in [9.17, 15) is 31.1 Å². The summed E-state index contributed by atoms with van der Waals surface area (Å²) in [6.45, 7) is 0. The van der Waals surface area contributed by atoms with Crippen molar-refractivity contribution in [3.63, 3.8) is 0 Å². The van der Waals surface area contributed by atoms with Crippen molar-refractivity contribution < 1.29 is 31.1 Å². The van der Waals surface area contributed by atoms with Crippen LogP contribution >= 0.6 is 0 Å². The van der Waals surface area contributed by atoms with Crippen molar-refractivity contribution >= 4 is 5.91 Å². The first-order chi connectivity index (χ1) is 14.9. The van der Waals surface area contributed by atoms with Gasteiger partial charge in [-0.3, -0.25) is 14.5 Å². The number of hydrogen-bond acceptors (Lipinski definition) is 4. The van der Waals surface area contributed by atoms with Crippen LogP contribution < -0.4 is 5.32 Å². The summed E-state index contributed by atoms with van der Waals surface area (Å²) >= 11 is 0. The van der Waals surface area contributed by atoms with Gasteiger partial charge >= 0.3 is 12.4 Å². The monoisotopic (exact) mass is 458 g/mol. The van der Waals surface area contributed by atoms with Crippen molar-refractivity contribution in [3.05, 3.63) is 58.9 Å². The number of nitrogens with one attached hydrogen (secondary N) is 1. The standard InChI is InChI=1S/C19H16F6N6O/c1-30-14(8-16(29-30)19(23,24)25)17(32)27-11-2-3-13-10(6-11)9-31(28-13)12-4-5-26-15(7-12)18(20,21)22/h4-5,7-9,11H,2-3,6H2,1H3,(H,27,32). The predicted molar refractivity (Wildman–Crippen MR) is 97.9 cm³/mol. The lowest BCUT2D eigenvalue weighted by atomic mass is 9.93. The van der Waals surface area contributed by atoms with Crippen molar-refractivity contribution in [2.24, 2.45) is 7.05 Å².